The lowest BCUT2D eigenvalue weighted by Crippen LogP contribution is -2.37. The molecule has 0 aromatic heterocycles. The maximum Gasteiger partial charge on any atom is 0.342 e. The molecule has 3 heterocycles. The third kappa shape index (κ3) is 3.71. The van der Waals surface area contributed by atoms with Gasteiger partial charge in [-0.05, 0) is 0 Å². The quantitative estimate of drug-likeness (QED) is 0.700. The predicted molar refractivity (Wildman–Crippen MR) is 78.8 cm³/mol. The Morgan fingerprint density at radius 2 is 1.10 bits per heavy atom. The highest BCUT2D eigenvalue weighted by atomic mass is 32.2. The van der Waals surface area contributed by atoms with Gasteiger partial charge in [0.2, 0.25) is 0 Å². The lowest BCUT2D eigenvalue weighted by molar-refractivity contribution is 0.0759. The van der Waals surface area contributed by atoms with Crippen molar-refractivity contribution in [1.82, 2.24) is 17.2 Å². The fraction of sp³-hybridized carbons (Fsp3) is 0.909. The maximum absolute atomic E-state index is 12.3. The molecule has 3 rings (SSSR count). The Balaban J connectivity index is 1.46. The molecule has 0 aromatic rings. The molecule has 3 saturated heterocycles. The van der Waals surface area contributed by atoms with E-state index in [2.05, 4.69) is 8.61 Å². The largest absolute Gasteiger partial charge is 0.379 e. The van der Waals surface area contributed by atoms with E-state index in [9.17, 15) is 4.79 Å². The highest BCUT2D eigenvalue weighted by Crippen LogP contribution is 2.29. The van der Waals surface area contributed by atoms with Gasteiger partial charge in [0, 0.05) is 50.4 Å². The SMILES string of the molecule is O=C1N(SN2CCOCC2)CCN1SN1CCOCC1. The molecule has 114 valence electrons. The molecule has 3 fully saturated rings. The average Bonchev–Trinajstić information content (AvgIpc) is 2.83. The lowest BCUT2D eigenvalue weighted by Gasteiger charge is -2.30. The van der Waals surface area contributed by atoms with Crippen molar-refractivity contribution in [2.45, 2.75) is 0 Å². The van der Waals surface area contributed by atoms with Crippen molar-refractivity contribution in [1.29, 1.82) is 0 Å². The summed E-state index contributed by atoms with van der Waals surface area (Å²) >= 11 is 3.08. The van der Waals surface area contributed by atoms with Crippen LogP contribution in [0, 0.1) is 0 Å². The molecule has 20 heavy (non-hydrogen) atoms. The molecule has 0 atom stereocenters. The minimum Gasteiger partial charge on any atom is -0.379 e. The zero-order valence-corrected chi connectivity index (χ0v) is 13.0. The molecule has 0 bridgehead atoms. The van der Waals surface area contributed by atoms with Gasteiger partial charge in [0.15, 0.2) is 0 Å². The average molecular weight is 320 g/mol. The second-order valence-electron chi connectivity index (χ2n) is 4.73. The fourth-order valence-corrected chi connectivity index (χ4v) is 4.08. The molecule has 0 radical (unpaired) electrons. The van der Waals surface area contributed by atoms with Crippen LogP contribution in [-0.2, 0) is 9.47 Å². The normalized spacial score (nSPS) is 26.5. The molecule has 2 amide bonds. The molecule has 9 heteroatoms. The first kappa shape index (κ1) is 14.7. The topological polar surface area (TPSA) is 48.5 Å². The smallest absolute Gasteiger partial charge is 0.342 e. The number of amides is 2. The first-order chi connectivity index (χ1) is 9.83. The van der Waals surface area contributed by atoms with Gasteiger partial charge in [-0.25, -0.2) is 13.4 Å². The van der Waals surface area contributed by atoms with Crippen molar-refractivity contribution in [3.05, 3.63) is 0 Å². The zero-order chi connectivity index (χ0) is 13.8. The van der Waals surface area contributed by atoms with Crippen LogP contribution in [0.1, 0.15) is 0 Å². The number of ether oxygens (including phenoxy) is 2. The second-order valence-corrected chi connectivity index (χ2v) is 6.97. The van der Waals surface area contributed by atoms with Crippen LogP contribution in [0.5, 0.6) is 0 Å². The van der Waals surface area contributed by atoms with E-state index in [-0.39, 0.29) is 6.03 Å². The van der Waals surface area contributed by atoms with Gasteiger partial charge >= 0.3 is 6.03 Å². The summed E-state index contributed by atoms with van der Waals surface area (Å²) in [5.74, 6) is 0. The van der Waals surface area contributed by atoms with E-state index < -0.39 is 0 Å². The van der Waals surface area contributed by atoms with E-state index >= 15 is 0 Å². The van der Waals surface area contributed by atoms with Gasteiger partial charge in [-0.1, -0.05) is 0 Å². The van der Waals surface area contributed by atoms with E-state index in [1.54, 1.807) is 24.3 Å². The van der Waals surface area contributed by atoms with Gasteiger partial charge in [0.05, 0.1) is 39.5 Å². The van der Waals surface area contributed by atoms with Crippen LogP contribution in [0.4, 0.5) is 4.79 Å². The van der Waals surface area contributed by atoms with Gasteiger partial charge in [-0.15, -0.1) is 0 Å². The molecular weight excluding hydrogens is 300 g/mol. The number of rotatable bonds is 4. The first-order valence-corrected chi connectivity index (χ1v) is 8.39. The Kier molecular flexibility index (Phi) is 5.30. The molecule has 3 aliphatic rings. The summed E-state index contributed by atoms with van der Waals surface area (Å²) in [5.41, 5.74) is 0. The molecule has 0 aromatic carbocycles. The van der Waals surface area contributed by atoms with Gasteiger partial charge in [-0.2, -0.15) is 0 Å². The summed E-state index contributed by atoms with van der Waals surface area (Å²) < 4.78 is 18.7. The summed E-state index contributed by atoms with van der Waals surface area (Å²) in [7, 11) is 0. The van der Waals surface area contributed by atoms with E-state index in [0.29, 0.717) is 0 Å². The number of carbonyl (C=O) groups is 1. The van der Waals surface area contributed by atoms with Crippen molar-refractivity contribution < 1.29 is 14.3 Å². The summed E-state index contributed by atoms with van der Waals surface area (Å²) in [6, 6.07) is 0.0954. The van der Waals surface area contributed by atoms with Crippen molar-refractivity contribution in [2.75, 3.05) is 65.7 Å². The Morgan fingerprint density at radius 1 is 0.700 bits per heavy atom. The van der Waals surface area contributed by atoms with E-state index in [1.165, 1.54) is 0 Å². The standard InChI is InChI=1S/C11H20N4O3S2/c16-11-14(19-12-3-7-17-8-4-12)1-2-15(11)20-13-5-9-18-10-6-13/h1-10H2. The van der Waals surface area contributed by atoms with Crippen LogP contribution in [-0.4, -0.2) is 88.9 Å². The van der Waals surface area contributed by atoms with Gasteiger partial charge < -0.3 is 9.47 Å². The summed E-state index contributed by atoms with van der Waals surface area (Å²) in [4.78, 5) is 12.3. The molecule has 0 aliphatic carbocycles. The van der Waals surface area contributed by atoms with Crippen molar-refractivity contribution >= 4 is 30.3 Å². The minimum atomic E-state index is 0.0954. The molecule has 0 spiro atoms. The van der Waals surface area contributed by atoms with Crippen LogP contribution < -0.4 is 0 Å². The minimum absolute atomic E-state index is 0.0954. The van der Waals surface area contributed by atoms with Crippen LogP contribution in [0.25, 0.3) is 0 Å². The molecule has 3 aliphatic heterocycles. The summed E-state index contributed by atoms with van der Waals surface area (Å²) in [5, 5.41) is 0. The number of nitrogens with zero attached hydrogens (tertiary/aromatic N) is 4. The van der Waals surface area contributed by atoms with Crippen LogP contribution >= 0.6 is 24.3 Å². The highest BCUT2D eigenvalue weighted by molar-refractivity contribution is 7.96. The number of hydrogen-bond acceptors (Lipinski definition) is 7. The Hall–Kier alpha value is -0.190. The maximum atomic E-state index is 12.3. The van der Waals surface area contributed by atoms with Gasteiger partial charge in [0.1, 0.15) is 0 Å². The van der Waals surface area contributed by atoms with Crippen molar-refractivity contribution in [3.63, 3.8) is 0 Å². The van der Waals surface area contributed by atoms with Gasteiger partial charge in [0.25, 0.3) is 0 Å². The van der Waals surface area contributed by atoms with Gasteiger partial charge in [-0.3, -0.25) is 8.61 Å². The third-order valence-electron chi connectivity index (χ3n) is 3.30. The highest BCUT2D eigenvalue weighted by Gasteiger charge is 2.33. The third-order valence-corrected chi connectivity index (χ3v) is 5.56. The van der Waals surface area contributed by atoms with Crippen molar-refractivity contribution in [2.24, 2.45) is 0 Å². The number of morpholine rings is 2. The van der Waals surface area contributed by atoms with Crippen molar-refractivity contribution in [3.8, 4) is 0 Å². The van der Waals surface area contributed by atoms with E-state index in [4.69, 9.17) is 9.47 Å². The molecule has 0 unspecified atom stereocenters. The zero-order valence-electron chi connectivity index (χ0n) is 11.4. The summed E-state index contributed by atoms with van der Waals surface area (Å²) in [6.07, 6.45) is 0. The molecule has 7 nitrogen and oxygen atoms in total. The van der Waals surface area contributed by atoms with Crippen LogP contribution in [0.15, 0.2) is 0 Å². The number of carbonyl (C=O) groups excluding carboxylic acids is 1. The monoisotopic (exact) mass is 320 g/mol. The molecular formula is C11H20N4O3S2. The summed E-state index contributed by atoms with van der Waals surface area (Å²) in [6.45, 7) is 8.08. The Labute approximate surface area is 128 Å². The van der Waals surface area contributed by atoms with E-state index in [0.717, 1.165) is 65.7 Å². The Bertz CT molecular complexity index is 308. The number of hydrogen-bond donors (Lipinski definition) is 0. The van der Waals surface area contributed by atoms with Crippen LogP contribution in [0.3, 0.4) is 0 Å². The lowest BCUT2D eigenvalue weighted by atomic mass is 10.5. The second kappa shape index (κ2) is 7.19. The van der Waals surface area contributed by atoms with E-state index in [1.807, 2.05) is 8.61 Å². The molecule has 0 N–H and O–H groups in total. The molecule has 0 saturated carbocycles. The fourth-order valence-electron chi connectivity index (χ4n) is 2.18. The Morgan fingerprint density at radius 3 is 1.50 bits per heavy atom. The predicted octanol–water partition coefficient (Wildman–Crippen LogP) is 0.515. The van der Waals surface area contributed by atoms with Crippen LogP contribution in [0.2, 0.25) is 0 Å². The first-order valence-electron chi connectivity index (χ1n) is 6.93. The number of urea groups is 1.